The van der Waals surface area contributed by atoms with Gasteiger partial charge >= 0.3 is 0 Å². The zero-order valence-electron chi connectivity index (χ0n) is 14.6. The highest BCUT2D eigenvalue weighted by Crippen LogP contribution is 2.28. The van der Waals surface area contributed by atoms with E-state index >= 15 is 0 Å². The van der Waals surface area contributed by atoms with Crippen LogP contribution in [0.2, 0.25) is 0 Å². The fourth-order valence-electron chi connectivity index (χ4n) is 2.78. The van der Waals surface area contributed by atoms with Gasteiger partial charge in [0.2, 0.25) is 5.91 Å². The van der Waals surface area contributed by atoms with Crippen LogP contribution in [0.5, 0.6) is 0 Å². The fraction of sp³-hybridized carbons (Fsp3) is 0.0952. The largest absolute Gasteiger partial charge is 0.352 e. The molecule has 4 aromatic rings. The maximum atomic E-state index is 12.0. The number of pyridine rings is 1. The van der Waals surface area contributed by atoms with E-state index in [1.165, 1.54) is 10.4 Å². The van der Waals surface area contributed by atoms with Crippen molar-refractivity contribution in [2.45, 2.75) is 6.42 Å². The number of amides is 1. The van der Waals surface area contributed by atoms with Gasteiger partial charge in [-0.3, -0.25) is 9.20 Å². The molecule has 6 heteroatoms. The van der Waals surface area contributed by atoms with Crippen LogP contribution in [-0.2, 0) is 11.2 Å². The molecule has 0 saturated carbocycles. The van der Waals surface area contributed by atoms with E-state index < -0.39 is 0 Å². The van der Waals surface area contributed by atoms with Gasteiger partial charge in [-0.15, -0.1) is 21.5 Å². The molecule has 3 aromatic heterocycles. The van der Waals surface area contributed by atoms with Crippen molar-refractivity contribution in [1.82, 2.24) is 19.9 Å². The first-order valence-electron chi connectivity index (χ1n) is 8.69. The van der Waals surface area contributed by atoms with E-state index in [-0.39, 0.29) is 5.91 Å². The second-order valence-electron chi connectivity index (χ2n) is 5.99. The third-order valence-electron chi connectivity index (χ3n) is 4.12. The Kier molecular flexibility index (Phi) is 5.07. The van der Waals surface area contributed by atoms with Gasteiger partial charge in [-0.1, -0.05) is 36.4 Å². The van der Waals surface area contributed by atoms with Gasteiger partial charge in [0.05, 0.1) is 0 Å². The van der Waals surface area contributed by atoms with Crippen LogP contribution in [0.25, 0.3) is 22.2 Å². The van der Waals surface area contributed by atoms with E-state index in [1.54, 1.807) is 17.4 Å². The molecule has 0 aliphatic heterocycles. The summed E-state index contributed by atoms with van der Waals surface area (Å²) in [6.07, 6.45) is 5.97. The van der Waals surface area contributed by atoms with Crippen molar-refractivity contribution in [3.05, 3.63) is 83.6 Å². The van der Waals surface area contributed by atoms with Crippen LogP contribution in [0.1, 0.15) is 10.7 Å². The number of carbonyl (C=O) groups excluding carboxylic acids is 1. The number of rotatable bonds is 6. The molecule has 0 bridgehead atoms. The molecule has 0 aliphatic rings. The second-order valence-corrected chi connectivity index (χ2v) is 7.10. The molecule has 3 heterocycles. The van der Waals surface area contributed by atoms with Crippen molar-refractivity contribution in [3.8, 4) is 10.4 Å². The van der Waals surface area contributed by atoms with Gasteiger partial charge in [-0.2, -0.15) is 0 Å². The van der Waals surface area contributed by atoms with Crippen LogP contribution in [0.15, 0.2) is 72.9 Å². The average molecular weight is 374 g/mol. The Morgan fingerprint density at radius 3 is 2.78 bits per heavy atom. The minimum absolute atomic E-state index is 0.113. The number of fused-ring (bicyclic) bond motifs is 1. The number of benzene rings is 1. The SMILES string of the molecule is O=C(/C=C/c1ccc(-c2ccccc2)s1)NCCc1nnc2ccccn12. The highest BCUT2D eigenvalue weighted by molar-refractivity contribution is 7.16. The first-order valence-corrected chi connectivity index (χ1v) is 9.51. The highest BCUT2D eigenvalue weighted by atomic mass is 32.1. The van der Waals surface area contributed by atoms with E-state index in [0.717, 1.165) is 16.3 Å². The Morgan fingerprint density at radius 2 is 1.89 bits per heavy atom. The van der Waals surface area contributed by atoms with Crippen LogP contribution < -0.4 is 5.32 Å². The monoisotopic (exact) mass is 374 g/mol. The smallest absolute Gasteiger partial charge is 0.244 e. The maximum absolute atomic E-state index is 12.0. The Bertz CT molecular complexity index is 1080. The summed E-state index contributed by atoms with van der Waals surface area (Å²) in [7, 11) is 0. The molecule has 0 aliphatic carbocycles. The number of nitrogens with zero attached hydrogens (tertiary/aromatic N) is 3. The van der Waals surface area contributed by atoms with Gasteiger partial charge in [0.25, 0.3) is 0 Å². The summed E-state index contributed by atoms with van der Waals surface area (Å²) < 4.78 is 1.93. The van der Waals surface area contributed by atoms with Gasteiger partial charge in [0.1, 0.15) is 5.82 Å². The number of hydrogen-bond donors (Lipinski definition) is 1. The Balaban J connectivity index is 1.31. The predicted molar refractivity (Wildman–Crippen MR) is 108 cm³/mol. The fourth-order valence-corrected chi connectivity index (χ4v) is 3.69. The summed E-state index contributed by atoms with van der Waals surface area (Å²) in [5.41, 5.74) is 2.00. The molecule has 1 aromatic carbocycles. The molecule has 0 fully saturated rings. The van der Waals surface area contributed by atoms with Crippen molar-refractivity contribution >= 4 is 29.0 Å². The molecule has 0 unspecified atom stereocenters. The molecule has 134 valence electrons. The summed E-state index contributed by atoms with van der Waals surface area (Å²) in [6.45, 7) is 0.512. The number of aromatic nitrogens is 3. The van der Waals surface area contributed by atoms with E-state index in [2.05, 4.69) is 33.7 Å². The topological polar surface area (TPSA) is 59.3 Å². The molecule has 0 spiro atoms. The van der Waals surface area contributed by atoms with Crippen molar-refractivity contribution < 1.29 is 4.79 Å². The first kappa shape index (κ1) is 17.2. The van der Waals surface area contributed by atoms with E-state index in [1.807, 2.05) is 59.1 Å². The quantitative estimate of drug-likeness (QED) is 0.522. The average Bonchev–Trinajstić information content (AvgIpc) is 3.35. The number of nitrogens with one attached hydrogen (secondary N) is 1. The van der Waals surface area contributed by atoms with E-state index in [4.69, 9.17) is 0 Å². The van der Waals surface area contributed by atoms with Gasteiger partial charge in [0.15, 0.2) is 5.65 Å². The lowest BCUT2D eigenvalue weighted by Gasteiger charge is -2.01. The molecule has 27 heavy (non-hydrogen) atoms. The van der Waals surface area contributed by atoms with Crippen molar-refractivity contribution in [2.75, 3.05) is 6.54 Å². The Labute approximate surface area is 161 Å². The lowest BCUT2D eigenvalue weighted by molar-refractivity contribution is -0.116. The zero-order valence-corrected chi connectivity index (χ0v) is 15.4. The Morgan fingerprint density at radius 1 is 1.04 bits per heavy atom. The molecule has 0 radical (unpaired) electrons. The maximum Gasteiger partial charge on any atom is 0.244 e. The van der Waals surface area contributed by atoms with Crippen molar-refractivity contribution in [2.24, 2.45) is 0 Å². The van der Waals surface area contributed by atoms with Gasteiger partial charge < -0.3 is 5.32 Å². The minimum atomic E-state index is -0.113. The molecule has 0 saturated heterocycles. The molecular weight excluding hydrogens is 356 g/mol. The summed E-state index contributed by atoms with van der Waals surface area (Å²) in [5.74, 6) is 0.721. The summed E-state index contributed by atoms with van der Waals surface area (Å²) in [6, 6.07) is 20.1. The summed E-state index contributed by atoms with van der Waals surface area (Å²) in [4.78, 5) is 14.3. The molecule has 0 atom stereocenters. The Hall–Kier alpha value is -3.25. The first-order chi connectivity index (χ1) is 13.3. The molecule has 1 amide bonds. The highest BCUT2D eigenvalue weighted by Gasteiger charge is 2.05. The summed E-state index contributed by atoms with van der Waals surface area (Å²) in [5, 5.41) is 11.2. The van der Waals surface area contributed by atoms with Crippen molar-refractivity contribution in [3.63, 3.8) is 0 Å². The third-order valence-corrected chi connectivity index (χ3v) is 5.22. The van der Waals surface area contributed by atoms with Gasteiger partial charge in [-0.25, -0.2) is 0 Å². The minimum Gasteiger partial charge on any atom is -0.352 e. The van der Waals surface area contributed by atoms with Crippen LogP contribution in [0.3, 0.4) is 0 Å². The normalized spacial score (nSPS) is 11.3. The summed E-state index contributed by atoms with van der Waals surface area (Å²) >= 11 is 1.66. The van der Waals surface area contributed by atoms with E-state index in [0.29, 0.717) is 13.0 Å². The van der Waals surface area contributed by atoms with Gasteiger partial charge in [-0.05, 0) is 35.9 Å². The zero-order chi connectivity index (χ0) is 18.5. The third kappa shape index (κ3) is 4.12. The molecular formula is C21H18N4OS. The van der Waals surface area contributed by atoms with Gasteiger partial charge in [0, 0.05) is 35.0 Å². The second kappa shape index (κ2) is 7.97. The molecule has 4 rings (SSSR count). The lowest BCUT2D eigenvalue weighted by Crippen LogP contribution is -2.24. The standard InChI is InChI=1S/C21H18N4OS/c26-21(22-14-13-20-24-23-19-8-4-5-15-25(19)20)12-10-17-9-11-18(27-17)16-6-2-1-3-7-16/h1-12,15H,13-14H2,(H,22,26)/b12-10+. The molecule has 5 nitrogen and oxygen atoms in total. The number of thiophene rings is 1. The number of hydrogen-bond acceptors (Lipinski definition) is 4. The predicted octanol–water partition coefficient (Wildman–Crippen LogP) is 3.83. The van der Waals surface area contributed by atoms with Crippen LogP contribution in [-0.4, -0.2) is 27.0 Å². The lowest BCUT2D eigenvalue weighted by atomic mass is 10.2. The van der Waals surface area contributed by atoms with E-state index in [9.17, 15) is 4.79 Å². The van der Waals surface area contributed by atoms with Crippen LogP contribution >= 0.6 is 11.3 Å². The van der Waals surface area contributed by atoms with Crippen LogP contribution in [0.4, 0.5) is 0 Å². The number of carbonyl (C=O) groups is 1. The van der Waals surface area contributed by atoms with Crippen molar-refractivity contribution in [1.29, 1.82) is 0 Å². The van der Waals surface area contributed by atoms with Crippen LogP contribution in [0, 0.1) is 0 Å². The molecule has 1 N–H and O–H groups in total.